The van der Waals surface area contributed by atoms with Gasteiger partial charge in [-0.05, 0) is 44.4 Å². The van der Waals surface area contributed by atoms with Crippen LogP contribution in [0.5, 0.6) is 11.5 Å². The van der Waals surface area contributed by atoms with Crippen molar-refractivity contribution in [2.75, 3.05) is 19.5 Å². The quantitative estimate of drug-likeness (QED) is 0.464. The molecule has 0 radical (unpaired) electrons. The van der Waals surface area contributed by atoms with Gasteiger partial charge in [0, 0.05) is 6.07 Å². The fourth-order valence-electron chi connectivity index (χ4n) is 3.52. The zero-order chi connectivity index (χ0) is 23.8. The van der Waals surface area contributed by atoms with Crippen LogP contribution in [0, 0.1) is 0 Å². The molecule has 0 spiro atoms. The van der Waals surface area contributed by atoms with Crippen LogP contribution in [0.1, 0.15) is 20.8 Å². The predicted octanol–water partition coefficient (Wildman–Crippen LogP) is 3.73. The molecule has 3 heterocycles. The summed E-state index contributed by atoms with van der Waals surface area (Å²) in [5.74, 6) is 0.622. The Hall–Kier alpha value is -3.66. The van der Waals surface area contributed by atoms with Crippen LogP contribution in [-0.4, -0.2) is 39.7 Å². The molecule has 172 valence electrons. The third-order valence-electron chi connectivity index (χ3n) is 5.05. The summed E-state index contributed by atoms with van der Waals surface area (Å²) in [6.45, 7) is 5.63. The maximum atomic E-state index is 13.4. The normalized spacial score (nSPS) is 11.5. The minimum atomic E-state index is -0.428. The molecule has 4 aromatic rings. The summed E-state index contributed by atoms with van der Waals surface area (Å²) in [5.41, 5.74) is 0.650. The zero-order valence-corrected chi connectivity index (χ0v) is 19.9. The lowest BCUT2D eigenvalue weighted by Gasteiger charge is -2.20. The highest BCUT2D eigenvalue weighted by atomic mass is 32.1. The molecule has 0 atom stereocenters. The lowest BCUT2D eigenvalue weighted by Crippen LogP contribution is -2.33. The highest BCUT2D eigenvalue weighted by Gasteiger charge is 2.24. The number of nitrogens with zero attached hydrogens (tertiary/aromatic N) is 4. The van der Waals surface area contributed by atoms with E-state index >= 15 is 0 Å². The highest BCUT2D eigenvalue weighted by molar-refractivity contribution is 7.13. The second kappa shape index (κ2) is 8.70. The first-order chi connectivity index (χ1) is 15.7. The van der Waals surface area contributed by atoms with E-state index in [0.29, 0.717) is 33.8 Å². The average molecular weight is 468 g/mol. The Morgan fingerprint density at radius 3 is 2.61 bits per heavy atom. The summed E-state index contributed by atoms with van der Waals surface area (Å²) in [7, 11) is 3.05. The van der Waals surface area contributed by atoms with E-state index in [1.165, 1.54) is 30.2 Å². The van der Waals surface area contributed by atoms with Crippen LogP contribution in [-0.2, 0) is 16.9 Å². The third-order valence-corrected chi connectivity index (χ3v) is 5.92. The van der Waals surface area contributed by atoms with Crippen LogP contribution < -0.4 is 20.3 Å². The van der Waals surface area contributed by atoms with Gasteiger partial charge in [-0.1, -0.05) is 6.07 Å². The average Bonchev–Trinajstić information content (AvgIpc) is 3.46. The molecule has 0 unspecified atom stereocenters. The standard InChI is InChI=1S/C23H25N5O4S/c1-23(2,3)28-21-15(12-24-28)20(18-7-6-10-33-18)26-27(22(21)30)13-19(29)25-16-11-14(31-4)8-9-17(16)32-5/h6-12H,13H2,1-5H3,(H,25,29). The van der Waals surface area contributed by atoms with E-state index in [9.17, 15) is 9.59 Å². The molecule has 0 aliphatic carbocycles. The number of anilines is 1. The summed E-state index contributed by atoms with van der Waals surface area (Å²) in [4.78, 5) is 27.2. The number of rotatable bonds is 6. The topological polar surface area (TPSA) is 100 Å². The van der Waals surface area contributed by atoms with Crippen molar-refractivity contribution in [3.05, 3.63) is 52.3 Å². The number of benzene rings is 1. The molecule has 9 nitrogen and oxygen atoms in total. The van der Waals surface area contributed by atoms with Crippen molar-refractivity contribution in [3.8, 4) is 22.1 Å². The van der Waals surface area contributed by atoms with E-state index < -0.39 is 11.4 Å². The molecule has 0 saturated heterocycles. The third kappa shape index (κ3) is 4.34. The van der Waals surface area contributed by atoms with E-state index in [-0.39, 0.29) is 12.1 Å². The Morgan fingerprint density at radius 1 is 1.18 bits per heavy atom. The fourth-order valence-corrected chi connectivity index (χ4v) is 4.24. The van der Waals surface area contributed by atoms with Gasteiger partial charge in [0.15, 0.2) is 0 Å². The maximum Gasteiger partial charge on any atom is 0.293 e. The monoisotopic (exact) mass is 467 g/mol. The first-order valence-corrected chi connectivity index (χ1v) is 11.2. The molecule has 0 aliphatic rings. The van der Waals surface area contributed by atoms with Gasteiger partial charge >= 0.3 is 0 Å². The Labute approximate surface area is 194 Å². The Balaban J connectivity index is 1.77. The van der Waals surface area contributed by atoms with Crippen molar-refractivity contribution < 1.29 is 14.3 Å². The molecule has 1 N–H and O–H groups in total. The number of hydrogen-bond donors (Lipinski definition) is 1. The van der Waals surface area contributed by atoms with Crippen molar-refractivity contribution in [3.63, 3.8) is 0 Å². The van der Waals surface area contributed by atoms with Gasteiger partial charge in [-0.3, -0.25) is 14.3 Å². The predicted molar refractivity (Wildman–Crippen MR) is 128 cm³/mol. The highest BCUT2D eigenvalue weighted by Crippen LogP contribution is 2.31. The van der Waals surface area contributed by atoms with Gasteiger partial charge in [-0.25, -0.2) is 4.68 Å². The molecular weight excluding hydrogens is 442 g/mol. The van der Waals surface area contributed by atoms with E-state index in [1.54, 1.807) is 29.1 Å². The number of amides is 1. The SMILES string of the molecule is COc1ccc(OC)c(NC(=O)Cn2nc(-c3cccs3)c3cnn(C(C)(C)C)c3c2=O)c1. The molecular formula is C23H25N5O4S. The van der Waals surface area contributed by atoms with Crippen LogP contribution in [0.3, 0.4) is 0 Å². The van der Waals surface area contributed by atoms with Crippen molar-refractivity contribution in [1.82, 2.24) is 19.6 Å². The van der Waals surface area contributed by atoms with Crippen molar-refractivity contribution in [2.24, 2.45) is 0 Å². The molecule has 0 bridgehead atoms. The first kappa shape index (κ1) is 22.5. The Kier molecular flexibility index (Phi) is 5.94. The van der Waals surface area contributed by atoms with Crippen LogP contribution in [0.15, 0.2) is 46.7 Å². The molecule has 33 heavy (non-hydrogen) atoms. The maximum absolute atomic E-state index is 13.4. The van der Waals surface area contributed by atoms with Crippen LogP contribution in [0.4, 0.5) is 5.69 Å². The second-order valence-electron chi connectivity index (χ2n) is 8.39. The Morgan fingerprint density at radius 2 is 1.97 bits per heavy atom. The molecule has 3 aromatic heterocycles. The van der Waals surface area contributed by atoms with Gasteiger partial charge in [0.2, 0.25) is 5.91 Å². The zero-order valence-electron chi connectivity index (χ0n) is 19.1. The number of ether oxygens (including phenoxy) is 2. The molecule has 0 fully saturated rings. The smallest absolute Gasteiger partial charge is 0.293 e. The van der Waals surface area contributed by atoms with Gasteiger partial charge in [0.1, 0.15) is 29.3 Å². The van der Waals surface area contributed by atoms with Crippen LogP contribution in [0.2, 0.25) is 0 Å². The number of methoxy groups -OCH3 is 2. The number of carbonyl (C=O) groups is 1. The van der Waals surface area contributed by atoms with Crippen molar-refractivity contribution in [1.29, 1.82) is 0 Å². The lowest BCUT2D eigenvalue weighted by molar-refractivity contribution is -0.117. The van der Waals surface area contributed by atoms with Gasteiger partial charge in [-0.2, -0.15) is 10.2 Å². The number of hydrogen-bond acceptors (Lipinski definition) is 7. The first-order valence-electron chi connectivity index (χ1n) is 10.3. The molecule has 0 saturated carbocycles. The van der Waals surface area contributed by atoms with Crippen molar-refractivity contribution >= 4 is 33.8 Å². The van der Waals surface area contributed by atoms with Crippen LogP contribution in [0.25, 0.3) is 21.5 Å². The van der Waals surface area contributed by atoms with Crippen molar-refractivity contribution in [2.45, 2.75) is 32.9 Å². The summed E-state index contributed by atoms with van der Waals surface area (Å²) in [6, 6.07) is 8.93. The van der Waals surface area contributed by atoms with E-state index in [2.05, 4.69) is 15.5 Å². The summed E-state index contributed by atoms with van der Waals surface area (Å²) < 4.78 is 13.4. The van der Waals surface area contributed by atoms with Gasteiger partial charge in [-0.15, -0.1) is 11.3 Å². The number of fused-ring (bicyclic) bond motifs is 1. The minimum absolute atomic E-state index is 0.275. The molecule has 1 aromatic carbocycles. The summed E-state index contributed by atoms with van der Waals surface area (Å²) in [5, 5.41) is 14.4. The summed E-state index contributed by atoms with van der Waals surface area (Å²) in [6.07, 6.45) is 1.66. The van der Waals surface area contributed by atoms with Gasteiger partial charge in [0.05, 0.1) is 41.9 Å². The number of carbonyl (C=O) groups excluding carboxylic acids is 1. The van der Waals surface area contributed by atoms with E-state index in [0.717, 1.165) is 4.88 Å². The molecule has 1 amide bonds. The largest absolute Gasteiger partial charge is 0.497 e. The van der Waals surface area contributed by atoms with Crippen LogP contribution >= 0.6 is 11.3 Å². The van der Waals surface area contributed by atoms with Gasteiger partial charge in [0.25, 0.3) is 5.56 Å². The number of nitrogens with one attached hydrogen (secondary N) is 1. The summed E-state index contributed by atoms with van der Waals surface area (Å²) >= 11 is 1.51. The lowest BCUT2D eigenvalue weighted by atomic mass is 10.1. The number of thiophene rings is 1. The Bertz CT molecular complexity index is 1370. The van der Waals surface area contributed by atoms with E-state index in [4.69, 9.17) is 9.47 Å². The van der Waals surface area contributed by atoms with E-state index in [1.807, 2.05) is 38.3 Å². The number of aromatic nitrogens is 4. The minimum Gasteiger partial charge on any atom is -0.497 e. The second-order valence-corrected chi connectivity index (χ2v) is 9.34. The molecule has 4 rings (SSSR count). The fraction of sp³-hybridized carbons (Fsp3) is 0.304. The van der Waals surface area contributed by atoms with Gasteiger partial charge < -0.3 is 14.8 Å². The molecule has 0 aliphatic heterocycles. The molecule has 10 heteroatoms.